The van der Waals surface area contributed by atoms with Gasteiger partial charge in [-0.3, -0.25) is 4.79 Å². The van der Waals surface area contributed by atoms with Gasteiger partial charge in [-0.1, -0.05) is 34.8 Å². The molecule has 0 saturated heterocycles. The van der Waals surface area contributed by atoms with Gasteiger partial charge in [0.25, 0.3) is 0 Å². The Morgan fingerprint density at radius 3 is 2.44 bits per heavy atom. The number of carbonyl (C=O) groups excluding carboxylic acids is 2. The van der Waals surface area contributed by atoms with Crippen molar-refractivity contribution in [1.82, 2.24) is 4.90 Å². The van der Waals surface area contributed by atoms with Gasteiger partial charge in [-0.25, -0.2) is 4.79 Å². The number of ether oxygens (including phenoxy) is 1. The number of likely N-dealkylation sites (N-methyl/N-ethyl adjacent to an activating group) is 1. The van der Waals surface area contributed by atoms with E-state index in [0.717, 1.165) is 0 Å². The second kappa shape index (κ2) is 6.27. The second-order valence-electron chi connectivity index (χ2n) is 3.55. The number of hydrogen-bond donors (Lipinski definition) is 0. The number of amides is 1. The van der Waals surface area contributed by atoms with Crippen LogP contribution in [0.1, 0.15) is 6.92 Å². The Bertz CT molecular complexity index is 491. The van der Waals surface area contributed by atoms with Crippen molar-refractivity contribution >= 4 is 46.7 Å². The molecule has 0 heterocycles. The van der Waals surface area contributed by atoms with Gasteiger partial charge in [-0.2, -0.15) is 0 Å². The molecule has 0 radical (unpaired) electrons. The van der Waals surface area contributed by atoms with Gasteiger partial charge in [0.1, 0.15) is 11.6 Å². The van der Waals surface area contributed by atoms with E-state index in [2.05, 4.69) is 0 Å². The third kappa shape index (κ3) is 4.05. The number of hydrogen-bond acceptors (Lipinski definition) is 3. The van der Waals surface area contributed by atoms with E-state index in [-0.39, 0.29) is 28.2 Å². The fraction of sp³-hybridized carbons (Fsp3) is 0.273. The molecule has 0 spiro atoms. The van der Waals surface area contributed by atoms with Crippen LogP contribution < -0.4 is 4.74 Å². The molecule has 7 heteroatoms. The van der Waals surface area contributed by atoms with Crippen LogP contribution in [-0.2, 0) is 9.59 Å². The van der Waals surface area contributed by atoms with E-state index in [0.29, 0.717) is 5.02 Å². The first-order chi connectivity index (χ1) is 8.31. The lowest BCUT2D eigenvalue weighted by atomic mass is 10.3. The summed E-state index contributed by atoms with van der Waals surface area (Å²) < 4.78 is 4.99. The number of benzene rings is 1. The zero-order chi connectivity index (χ0) is 13.9. The van der Waals surface area contributed by atoms with Crippen LogP contribution in [0.3, 0.4) is 0 Å². The Hall–Kier alpha value is -0.970. The number of rotatable bonds is 3. The Morgan fingerprint density at radius 2 is 1.89 bits per heavy atom. The maximum Gasteiger partial charge on any atom is 0.331 e. The summed E-state index contributed by atoms with van der Waals surface area (Å²) in [5, 5.41) is 0.582. The van der Waals surface area contributed by atoms with Gasteiger partial charge < -0.3 is 9.64 Å². The van der Waals surface area contributed by atoms with Crippen molar-refractivity contribution in [2.75, 3.05) is 13.6 Å². The maximum atomic E-state index is 11.5. The van der Waals surface area contributed by atoms with Crippen molar-refractivity contribution in [3.63, 3.8) is 0 Å². The molecule has 0 aliphatic heterocycles. The minimum atomic E-state index is -0.632. The molecule has 98 valence electrons. The smallest absolute Gasteiger partial charge is 0.331 e. The van der Waals surface area contributed by atoms with E-state index in [4.69, 9.17) is 39.5 Å². The average molecular weight is 311 g/mol. The first kappa shape index (κ1) is 15.1. The number of nitrogens with zero attached hydrogens (tertiary/aromatic N) is 1. The lowest BCUT2D eigenvalue weighted by Crippen LogP contribution is -2.32. The van der Waals surface area contributed by atoms with E-state index in [1.165, 1.54) is 31.0 Å². The van der Waals surface area contributed by atoms with Gasteiger partial charge in [0, 0.05) is 25.1 Å². The van der Waals surface area contributed by atoms with Crippen LogP contribution in [0.25, 0.3) is 0 Å². The lowest BCUT2D eigenvalue weighted by molar-refractivity contribution is -0.140. The Labute approximate surface area is 119 Å². The molecule has 1 rings (SSSR count). The molecule has 0 aromatic heterocycles. The average Bonchev–Trinajstić information content (AvgIpc) is 2.24. The first-order valence-corrected chi connectivity index (χ1v) is 6.01. The highest BCUT2D eigenvalue weighted by molar-refractivity contribution is 6.44. The molecule has 1 amide bonds. The van der Waals surface area contributed by atoms with E-state index >= 15 is 0 Å². The molecule has 4 nitrogen and oxygen atoms in total. The van der Waals surface area contributed by atoms with Gasteiger partial charge in [0.2, 0.25) is 5.91 Å². The Balaban J connectivity index is 2.79. The number of carbonyl (C=O) groups is 2. The fourth-order valence-corrected chi connectivity index (χ4v) is 1.69. The molecule has 1 aromatic carbocycles. The summed E-state index contributed by atoms with van der Waals surface area (Å²) in [4.78, 5) is 23.7. The summed E-state index contributed by atoms with van der Waals surface area (Å²) in [6, 6.07) is 2.81. The standard InChI is InChI=1S/C11H10Cl3NO3/c1-6(16)15(2)5-10(17)18-9-4-7(12)3-8(13)11(9)14/h3-4H,5H2,1-2H3. The van der Waals surface area contributed by atoms with Crippen LogP contribution in [0, 0.1) is 0 Å². The molecule has 18 heavy (non-hydrogen) atoms. The summed E-state index contributed by atoms with van der Waals surface area (Å²) in [5.74, 6) is -0.814. The summed E-state index contributed by atoms with van der Waals surface area (Å²) in [6.45, 7) is 1.16. The predicted molar refractivity (Wildman–Crippen MR) is 70.4 cm³/mol. The van der Waals surface area contributed by atoms with E-state index in [9.17, 15) is 9.59 Å². The van der Waals surface area contributed by atoms with Gasteiger partial charge in [0.15, 0.2) is 5.75 Å². The van der Waals surface area contributed by atoms with Crippen LogP contribution in [0.2, 0.25) is 15.1 Å². The van der Waals surface area contributed by atoms with Crippen LogP contribution >= 0.6 is 34.8 Å². The third-order valence-electron chi connectivity index (χ3n) is 2.09. The maximum absolute atomic E-state index is 11.5. The van der Waals surface area contributed by atoms with Gasteiger partial charge >= 0.3 is 5.97 Å². The minimum Gasteiger partial charge on any atom is -0.424 e. The quantitative estimate of drug-likeness (QED) is 0.490. The molecule has 0 unspecified atom stereocenters. The van der Waals surface area contributed by atoms with Gasteiger partial charge in [-0.15, -0.1) is 0 Å². The van der Waals surface area contributed by atoms with Gasteiger partial charge in [-0.05, 0) is 6.07 Å². The van der Waals surface area contributed by atoms with Crippen molar-refractivity contribution in [3.8, 4) is 5.75 Å². The van der Waals surface area contributed by atoms with Gasteiger partial charge in [0.05, 0.1) is 5.02 Å². The van der Waals surface area contributed by atoms with Crippen molar-refractivity contribution in [2.24, 2.45) is 0 Å². The highest BCUT2D eigenvalue weighted by Gasteiger charge is 2.15. The molecular formula is C11H10Cl3NO3. The zero-order valence-corrected chi connectivity index (χ0v) is 11.9. The highest BCUT2D eigenvalue weighted by Crippen LogP contribution is 2.35. The first-order valence-electron chi connectivity index (χ1n) is 4.88. The predicted octanol–water partition coefficient (Wildman–Crippen LogP) is 3.03. The zero-order valence-electron chi connectivity index (χ0n) is 9.67. The molecule has 0 saturated carbocycles. The Kier molecular flexibility index (Phi) is 5.26. The number of esters is 1. The SMILES string of the molecule is CC(=O)N(C)CC(=O)Oc1cc(Cl)cc(Cl)c1Cl. The number of halogens is 3. The molecule has 0 N–H and O–H groups in total. The topological polar surface area (TPSA) is 46.6 Å². The minimum absolute atomic E-state index is 0.0659. The van der Waals surface area contributed by atoms with Crippen LogP contribution in [0.15, 0.2) is 12.1 Å². The largest absolute Gasteiger partial charge is 0.424 e. The van der Waals surface area contributed by atoms with Crippen molar-refractivity contribution in [3.05, 3.63) is 27.2 Å². The Morgan fingerprint density at radius 1 is 1.28 bits per heavy atom. The van der Waals surface area contributed by atoms with Crippen molar-refractivity contribution < 1.29 is 14.3 Å². The molecular weight excluding hydrogens is 300 g/mol. The summed E-state index contributed by atoms with van der Waals surface area (Å²) in [7, 11) is 1.48. The monoisotopic (exact) mass is 309 g/mol. The fourth-order valence-electron chi connectivity index (χ4n) is 1.07. The molecule has 0 aliphatic carbocycles. The third-order valence-corrected chi connectivity index (χ3v) is 3.09. The van der Waals surface area contributed by atoms with Crippen LogP contribution in [-0.4, -0.2) is 30.4 Å². The lowest BCUT2D eigenvalue weighted by Gasteiger charge is -2.14. The second-order valence-corrected chi connectivity index (χ2v) is 4.77. The van der Waals surface area contributed by atoms with Crippen molar-refractivity contribution in [1.29, 1.82) is 0 Å². The van der Waals surface area contributed by atoms with Crippen molar-refractivity contribution in [2.45, 2.75) is 6.92 Å². The normalized spacial score (nSPS) is 10.1. The molecule has 0 aliphatic rings. The summed E-state index contributed by atoms with van der Waals surface area (Å²) in [5.41, 5.74) is 0. The molecule has 1 aromatic rings. The van der Waals surface area contributed by atoms with E-state index in [1.807, 2.05) is 0 Å². The molecule has 0 bridgehead atoms. The summed E-state index contributed by atoms with van der Waals surface area (Å²) >= 11 is 17.4. The molecule has 0 fully saturated rings. The molecule has 0 atom stereocenters. The highest BCUT2D eigenvalue weighted by atomic mass is 35.5. The van der Waals surface area contributed by atoms with E-state index < -0.39 is 5.97 Å². The summed E-state index contributed by atoms with van der Waals surface area (Å²) in [6.07, 6.45) is 0. The van der Waals surface area contributed by atoms with Crippen LogP contribution in [0.5, 0.6) is 5.75 Å². The van der Waals surface area contributed by atoms with E-state index in [1.54, 1.807) is 0 Å². The van der Waals surface area contributed by atoms with Crippen LogP contribution in [0.4, 0.5) is 0 Å².